The average Bonchev–Trinajstić information content (AvgIpc) is 3.09. The SMILES string of the molecule is Cc1cc(N2CCCC2)nc(C=Cc2cccs2)n1. The van der Waals surface area contributed by atoms with E-state index in [0.717, 1.165) is 30.4 Å². The molecule has 0 saturated carbocycles. The summed E-state index contributed by atoms with van der Waals surface area (Å²) in [6.07, 6.45) is 6.61. The number of rotatable bonds is 3. The topological polar surface area (TPSA) is 29.0 Å². The predicted octanol–water partition coefficient (Wildman–Crippen LogP) is 3.62. The molecule has 0 amide bonds. The Hall–Kier alpha value is -1.68. The zero-order chi connectivity index (χ0) is 13.1. The van der Waals surface area contributed by atoms with Crippen LogP contribution in [0.25, 0.3) is 12.2 Å². The first kappa shape index (κ1) is 12.4. The first-order valence-corrected chi connectivity index (χ1v) is 7.51. The number of nitrogens with zero attached hydrogens (tertiary/aromatic N) is 3. The van der Waals surface area contributed by atoms with Crippen LogP contribution in [-0.4, -0.2) is 23.1 Å². The van der Waals surface area contributed by atoms with Gasteiger partial charge in [0.15, 0.2) is 5.82 Å². The summed E-state index contributed by atoms with van der Waals surface area (Å²) >= 11 is 1.72. The van der Waals surface area contributed by atoms with Crippen LogP contribution in [-0.2, 0) is 0 Å². The molecule has 1 saturated heterocycles. The van der Waals surface area contributed by atoms with Crippen molar-refractivity contribution in [1.29, 1.82) is 0 Å². The zero-order valence-corrected chi connectivity index (χ0v) is 11.9. The highest BCUT2D eigenvalue weighted by molar-refractivity contribution is 7.10. The van der Waals surface area contributed by atoms with Gasteiger partial charge in [-0.05, 0) is 43.4 Å². The second kappa shape index (κ2) is 5.53. The molecule has 0 radical (unpaired) electrons. The number of aromatic nitrogens is 2. The van der Waals surface area contributed by atoms with Gasteiger partial charge >= 0.3 is 0 Å². The van der Waals surface area contributed by atoms with Crippen LogP contribution in [0.1, 0.15) is 29.2 Å². The van der Waals surface area contributed by atoms with Gasteiger partial charge in [0, 0.05) is 29.7 Å². The fourth-order valence-corrected chi connectivity index (χ4v) is 2.92. The van der Waals surface area contributed by atoms with E-state index in [-0.39, 0.29) is 0 Å². The molecule has 0 N–H and O–H groups in total. The van der Waals surface area contributed by atoms with E-state index in [1.807, 2.05) is 13.0 Å². The van der Waals surface area contributed by atoms with Gasteiger partial charge in [-0.3, -0.25) is 0 Å². The van der Waals surface area contributed by atoms with Crippen molar-refractivity contribution in [2.24, 2.45) is 0 Å². The first-order chi connectivity index (χ1) is 9.31. The molecular formula is C15H17N3S. The fourth-order valence-electron chi connectivity index (χ4n) is 2.30. The Morgan fingerprint density at radius 1 is 1.21 bits per heavy atom. The summed E-state index contributed by atoms with van der Waals surface area (Å²) < 4.78 is 0. The first-order valence-electron chi connectivity index (χ1n) is 6.63. The van der Waals surface area contributed by atoms with Crippen molar-refractivity contribution < 1.29 is 0 Å². The summed E-state index contributed by atoms with van der Waals surface area (Å²) in [5, 5.41) is 2.08. The van der Waals surface area contributed by atoms with E-state index >= 15 is 0 Å². The maximum atomic E-state index is 4.65. The van der Waals surface area contributed by atoms with Gasteiger partial charge in [0.05, 0.1) is 0 Å². The van der Waals surface area contributed by atoms with Crippen LogP contribution in [0.3, 0.4) is 0 Å². The molecule has 3 rings (SSSR count). The lowest BCUT2D eigenvalue weighted by molar-refractivity contribution is 0.915. The van der Waals surface area contributed by atoms with Crippen LogP contribution in [0.2, 0.25) is 0 Å². The van der Waals surface area contributed by atoms with Crippen molar-refractivity contribution in [2.45, 2.75) is 19.8 Å². The van der Waals surface area contributed by atoms with Crippen molar-refractivity contribution in [3.8, 4) is 0 Å². The minimum Gasteiger partial charge on any atom is -0.356 e. The number of aryl methyl sites for hydroxylation is 1. The van der Waals surface area contributed by atoms with Gasteiger partial charge in [-0.2, -0.15) is 0 Å². The third kappa shape index (κ3) is 3.01. The standard InChI is InChI=1S/C15H17N3S/c1-12-11-15(18-8-2-3-9-18)17-14(16-12)7-6-13-5-4-10-19-13/h4-7,10-11H,2-3,8-9H2,1H3. The lowest BCUT2D eigenvalue weighted by atomic mass is 10.3. The van der Waals surface area contributed by atoms with Crippen LogP contribution < -0.4 is 4.90 Å². The number of hydrogen-bond acceptors (Lipinski definition) is 4. The summed E-state index contributed by atoms with van der Waals surface area (Å²) in [6.45, 7) is 4.26. The Balaban J connectivity index is 1.85. The van der Waals surface area contributed by atoms with E-state index in [9.17, 15) is 0 Å². The fraction of sp³-hybridized carbons (Fsp3) is 0.333. The van der Waals surface area contributed by atoms with Gasteiger partial charge in [0.2, 0.25) is 0 Å². The average molecular weight is 271 g/mol. The quantitative estimate of drug-likeness (QED) is 0.854. The molecule has 0 aromatic carbocycles. The maximum absolute atomic E-state index is 4.65. The monoisotopic (exact) mass is 271 g/mol. The van der Waals surface area contributed by atoms with Gasteiger partial charge < -0.3 is 4.90 Å². The number of anilines is 1. The van der Waals surface area contributed by atoms with E-state index < -0.39 is 0 Å². The van der Waals surface area contributed by atoms with Crippen LogP contribution in [0.4, 0.5) is 5.82 Å². The van der Waals surface area contributed by atoms with Crippen LogP contribution in [0, 0.1) is 6.92 Å². The van der Waals surface area contributed by atoms with E-state index in [2.05, 4.69) is 44.5 Å². The van der Waals surface area contributed by atoms with Crippen LogP contribution in [0.15, 0.2) is 23.6 Å². The van der Waals surface area contributed by atoms with Crippen LogP contribution in [0.5, 0.6) is 0 Å². The minimum absolute atomic E-state index is 0.801. The minimum atomic E-state index is 0.801. The molecule has 0 spiro atoms. The normalized spacial score (nSPS) is 15.5. The number of hydrogen-bond donors (Lipinski definition) is 0. The van der Waals surface area contributed by atoms with Crippen LogP contribution >= 0.6 is 11.3 Å². The van der Waals surface area contributed by atoms with E-state index in [4.69, 9.17) is 0 Å². The molecule has 2 aromatic rings. The second-order valence-electron chi connectivity index (χ2n) is 4.77. The van der Waals surface area contributed by atoms with Gasteiger partial charge in [0.25, 0.3) is 0 Å². The summed E-state index contributed by atoms with van der Waals surface area (Å²) in [6, 6.07) is 6.23. The van der Waals surface area contributed by atoms with Crippen molar-refractivity contribution >= 4 is 29.3 Å². The molecule has 19 heavy (non-hydrogen) atoms. The summed E-state index contributed by atoms with van der Waals surface area (Å²) in [7, 11) is 0. The lowest BCUT2D eigenvalue weighted by Gasteiger charge is -2.16. The van der Waals surface area contributed by atoms with Gasteiger partial charge in [-0.15, -0.1) is 11.3 Å². The molecule has 0 atom stereocenters. The van der Waals surface area contributed by atoms with Crippen molar-refractivity contribution in [2.75, 3.05) is 18.0 Å². The largest absolute Gasteiger partial charge is 0.356 e. The molecule has 98 valence electrons. The highest BCUT2D eigenvalue weighted by Crippen LogP contribution is 2.19. The molecule has 1 aliphatic rings. The van der Waals surface area contributed by atoms with Gasteiger partial charge in [0.1, 0.15) is 5.82 Å². The molecule has 0 bridgehead atoms. The van der Waals surface area contributed by atoms with Gasteiger partial charge in [-0.1, -0.05) is 6.07 Å². The lowest BCUT2D eigenvalue weighted by Crippen LogP contribution is -2.19. The number of thiophene rings is 1. The molecule has 1 aliphatic heterocycles. The maximum Gasteiger partial charge on any atom is 0.154 e. The Morgan fingerprint density at radius 3 is 2.79 bits per heavy atom. The van der Waals surface area contributed by atoms with Crippen molar-refractivity contribution in [1.82, 2.24) is 9.97 Å². The smallest absolute Gasteiger partial charge is 0.154 e. The summed E-state index contributed by atoms with van der Waals surface area (Å²) in [5.41, 5.74) is 1.03. The third-order valence-electron chi connectivity index (χ3n) is 3.23. The molecule has 4 heteroatoms. The zero-order valence-electron chi connectivity index (χ0n) is 11.0. The molecule has 0 aliphatic carbocycles. The van der Waals surface area contributed by atoms with Gasteiger partial charge in [-0.25, -0.2) is 9.97 Å². The Labute approximate surface area is 117 Å². The summed E-state index contributed by atoms with van der Waals surface area (Å²) in [4.78, 5) is 12.7. The Kier molecular flexibility index (Phi) is 3.60. The van der Waals surface area contributed by atoms with Crippen molar-refractivity contribution in [3.05, 3.63) is 40.0 Å². The highest BCUT2D eigenvalue weighted by atomic mass is 32.1. The van der Waals surface area contributed by atoms with E-state index in [0.29, 0.717) is 0 Å². The molecule has 0 unspecified atom stereocenters. The molecular weight excluding hydrogens is 254 g/mol. The molecule has 3 heterocycles. The molecule has 2 aromatic heterocycles. The summed E-state index contributed by atoms with van der Waals surface area (Å²) in [5.74, 6) is 1.87. The predicted molar refractivity (Wildman–Crippen MR) is 81.5 cm³/mol. The second-order valence-corrected chi connectivity index (χ2v) is 5.75. The Morgan fingerprint density at radius 2 is 2.05 bits per heavy atom. The van der Waals surface area contributed by atoms with Crippen molar-refractivity contribution in [3.63, 3.8) is 0 Å². The highest BCUT2D eigenvalue weighted by Gasteiger charge is 2.14. The molecule has 1 fully saturated rings. The van der Waals surface area contributed by atoms with E-state index in [1.165, 1.54) is 17.7 Å². The van der Waals surface area contributed by atoms with E-state index in [1.54, 1.807) is 11.3 Å². The Bertz CT molecular complexity index is 569. The third-order valence-corrected chi connectivity index (χ3v) is 4.07. The molecule has 3 nitrogen and oxygen atoms in total.